The van der Waals surface area contributed by atoms with E-state index >= 15 is 0 Å². The summed E-state index contributed by atoms with van der Waals surface area (Å²) in [7, 11) is 0. The number of nitrogens with zero attached hydrogens (tertiary/aromatic N) is 1. The van der Waals surface area contributed by atoms with E-state index in [0.717, 1.165) is 12.8 Å². The van der Waals surface area contributed by atoms with Crippen LogP contribution in [-0.2, 0) is 17.6 Å². The Morgan fingerprint density at radius 2 is 1.91 bits per heavy atom. The third kappa shape index (κ3) is 4.21. The molecule has 3 N–H and O–H groups in total. The second kappa shape index (κ2) is 6.67. The fourth-order valence-electron chi connectivity index (χ4n) is 2.75. The van der Waals surface area contributed by atoms with Gasteiger partial charge in [-0.15, -0.1) is 0 Å². The second-order valence-electron chi connectivity index (χ2n) is 6.85. The lowest BCUT2D eigenvalue weighted by molar-refractivity contribution is 0.00574. The molecule has 0 aromatic heterocycles. The van der Waals surface area contributed by atoms with Crippen LogP contribution in [0.15, 0.2) is 24.3 Å². The molecule has 5 nitrogen and oxygen atoms in total. The Hall–Kier alpha value is -1.59. The number of ether oxygens (including phenoxy) is 1. The SMILES string of the molecule is CC(C)(C)OC(=O)N(C[C@@H](O)CN)C1Cc2ccccc2C1. The minimum atomic E-state index is -0.740. The molecule has 0 aliphatic heterocycles. The van der Waals surface area contributed by atoms with E-state index in [0.29, 0.717) is 0 Å². The van der Waals surface area contributed by atoms with Crippen LogP contribution in [0.1, 0.15) is 31.9 Å². The van der Waals surface area contributed by atoms with Gasteiger partial charge in [0.25, 0.3) is 0 Å². The average molecular weight is 306 g/mol. The topological polar surface area (TPSA) is 75.8 Å². The Balaban J connectivity index is 2.14. The Morgan fingerprint density at radius 3 is 2.36 bits per heavy atom. The Morgan fingerprint density at radius 1 is 1.36 bits per heavy atom. The number of nitrogens with two attached hydrogens (primary N) is 1. The summed E-state index contributed by atoms with van der Waals surface area (Å²) in [5, 5.41) is 9.88. The first-order chi connectivity index (χ1) is 10.3. The van der Waals surface area contributed by atoms with Gasteiger partial charge in [0.15, 0.2) is 0 Å². The van der Waals surface area contributed by atoms with E-state index in [4.69, 9.17) is 10.5 Å². The highest BCUT2D eigenvalue weighted by molar-refractivity contribution is 5.69. The number of hydrogen-bond acceptors (Lipinski definition) is 4. The Bertz CT molecular complexity index is 500. The van der Waals surface area contributed by atoms with Gasteiger partial charge < -0.3 is 20.5 Å². The molecule has 0 radical (unpaired) electrons. The number of hydrogen-bond donors (Lipinski definition) is 2. The van der Waals surface area contributed by atoms with E-state index in [9.17, 15) is 9.90 Å². The number of carbonyl (C=O) groups is 1. The molecule has 0 saturated carbocycles. The molecule has 1 aromatic rings. The van der Waals surface area contributed by atoms with Gasteiger partial charge in [0.1, 0.15) is 5.60 Å². The van der Waals surface area contributed by atoms with Gasteiger partial charge in [-0.05, 0) is 44.7 Å². The van der Waals surface area contributed by atoms with Crippen LogP contribution in [0, 0.1) is 0 Å². The highest BCUT2D eigenvalue weighted by atomic mass is 16.6. The van der Waals surface area contributed by atoms with Gasteiger partial charge in [0, 0.05) is 12.6 Å². The zero-order valence-electron chi connectivity index (χ0n) is 13.6. The fourth-order valence-corrected chi connectivity index (χ4v) is 2.75. The number of rotatable bonds is 4. The zero-order valence-corrected chi connectivity index (χ0v) is 13.6. The normalized spacial score (nSPS) is 16.2. The van der Waals surface area contributed by atoms with Gasteiger partial charge in [-0.1, -0.05) is 24.3 Å². The van der Waals surface area contributed by atoms with Crippen LogP contribution < -0.4 is 5.73 Å². The molecule has 1 amide bonds. The van der Waals surface area contributed by atoms with Gasteiger partial charge in [0.05, 0.1) is 12.6 Å². The molecule has 0 heterocycles. The van der Waals surface area contributed by atoms with Crippen molar-refractivity contribution in [3.8, 4) is 0 Å². The molecule has 2 rings (SSSR count). The summed E-state index contributed by atoms with van der Waals surface area (Å²) in [6, 6.07) is 8.19. The molecule has 1 aliphatic rings. The molecule has 1 atom stereocenters. The molecule has 1 aromatic carbocycles. The third-order valence-corrected chi connectivity index (χ3v) is 3.78. The lowest BCUT2D eigenvalue weighted by Crippen LogP contribution is -2.48. The van der Waals surface area contributed by atoms with Crippen LogP contribution in [0.2, 0.25) is 0 Å². The van der Waals surface area contributed by atoms with E-state index in [2.05, 4.69) is 12.1 Å². The van der Waals surface area contributed by atoms with Crippen molar-refractivity contribution in [1.82, 2.24) is 4.90 Å². The van der Waals surface area contributed by atoms with Gasteiger partial charge in [-0.3, -0.25) is 0 Å². The van der Waals surface area contributed by atoms with Gasteiger partial charge >= 0.3 is 6.09 Å². The predicted molar refractivity (Wildman–Crippen MR) is 85.6 cm³/mol. The van der Waals surface area contributed by atoms with Crippen molar-refractivity contribution in [2.45, 2.75) is 51.4 Å². The summed E-state index contributed by atoms with van der Waals surface area (Å²) < 4.78 is 5.49. The number of amides is 1. The van der Waals surface area contributed by atoms with Crippen molar-refractivity contribution in [3.63, 3.8) is 0 Å². The van der Waals surface area contributed by atoms with Gasteiger partial charge in [0.2, 0.25) is 0 Å². The second-order valence-corrected chi connectivity index (χ2v) is 6.85. The predicted octanol–water partition coefficient (Wildman–Crippen LogP) is 1.71. The number of aliphatic hydroxyl groups is 1. The summed E-state index contributed by atoms with van der Waals surface area (Å²) in [6.45, 7) is 5.84. The monoisotopic (exact) mass is 306 g/mol. The van der Waals surface area contributed by atoms with Crippen molar-refractivity contribution >= 4 is 6.09 Å². The van der Waals surface area contributed by atoms with Crippen molar-refractivity contribution in [2.75, 3.05) is 13.1 Å². The third-order valence-electron chi connectivity index (χ3n) is 3.78. The summed E-state index contributed by atoms with van der Waals surface area (Å²) >= 11 is 0. The highest BCUT2D eigenvalue weighted by Crippen LogP contribution is 2.26. The minimum Gasteiger partial charge on any atom is -0.444 e. The minimum absolute atomic E-state index is 0.00782. The Labute approximate surface area is 132 Å². The summed E-state index contributed by atoms with van der Waals surface area (Å²) in [5.74, 6) is 0. The molecule has 0 spiro atoms. The molecule has 22 heavy (non-hydrogen) atoms. The number of aliphatic hydroxyl groups excluding tert-OH is 1. The highest BCUT2D eigenvalue weighted by Gasteiger charge is 2.33. The largest absolute Gasteiger partial charge is 0.444 e. The van der Waals surface area contributed by atoms with Crippen LogP contribution in [-0.4, -0.2) is 46.9 Å². The molecule has 0 saturated heterocycles. The van der Waals surface area contributed by atoms with Crippen molar-refractivity contribution in [3.05, 3.63) is 35.4 Å². The van der Waals surface area contributed by atoms with E-state index in [1.165, 1.54) is 11.1 Å². The molecule has 1 aliphatic carbocycles. The van der Waals surface area contributed by atoms with E-state index in [1.807, 2.05) is 32.9 Å². The summed E-state index contributed by atoms with van der Waals surface area (Å²) in [6.07, 6.45) is 0.438. The van der Waals surface area contributed by atoms with Gasteiger partial charge in [-0.2, -0.15) is 0 Å². The first kappa shape index (κ1) is 16.8. The molecule has 0 bridgehead atoms. The quantitative estimate of drug-likeness (QED) is 0.888. The number of carbonyl (C=O) groups excluding carboxylic acids is 1. The maximum absolute atomic E-state index is 12.5. The van der Waals surface area contributed by atoms with Crippen LogP contribution in [0.3, 0.4) is 0 Å². The zero-order chi connectivity index (χ0) is 16.3. The lowest BCUT2D eigenvalue weighted by atomic mass is 10.1. The van der Waals surface area contributed by atoms with Gasteiger partial charge in [-0.25, -0.2) is 4.79 Å². The first-order valence-corrected chi connectivity index (χ1v) is 7.74. The first-order valence-electron chi connectivity index (χ1n) is 7.74. The van der Waals surface area contributed by atoms with Crippen LogP contribution >= 0.6 is 0 Å². The fraction of sp³-hybridized carbons (Fsp3) is 0.588. The molecular formula is C17H26N2O3. The van der Waals surface area contributed by atoms with Crippen molar-refractivity contribution in [2.24, 2.45) is 5.73 Å². The molecule has 122 valence electrons. The average Bonchev–Trinajstić information content (AvgIpc) is 2.85. The van der Waals surface area contributed by atoms with Crippen molar-refractivity contribution < 1.29 is 14.6 Å². The lowest BCUT2D eigenvalue weighted by Gasteiger charge is -2.32. The maximum Gasteiger partial charge on any atom is 0.410 e. The molecular weight excluding hydrogens is 280 g/mol. The van der Waals surface area contributed by atoms with E-state index in [1.54, 1.807) is 4.90 Å². The van der Waals surface area contributed by atoms with E-state index in [-0.39, 0.29) is 19.1 Å². The maximum atomic E-state index is 12.5. The number of fused-ring (bicyclic) bond motifs is 1. The van der Waals surface area contributed by atoms with Crippen LogP contribution in [0.25, 0.3) is 0 Å². The molecule has 0 fully saturated rings. The summed E-state index contributed by atoms with van der Waals surface area (Å²) in [5.41, 5.74) is 7.45. The van der Waals surface area contributed by atoms with E-state index < -0.39 is 17.8 Å². The Kier molecular flexibility index (Phi) is 5.08. The van der Waals surface area contributed by atoms with Crippen LogP contribution in [0.5, 0.6) is 0 Å². The van der Waals surface area contributed by atoms with Crippen LogP contribution in [0.4, 0.5) is 4.79 Å². The summed E-state index contributed by atoms with van der Waals surface area (Å²) in [4.78, 5) is 14.1. The number of benzene rings is 1. The van der Waals surface area contributed by atoms with Crippen molar-refractivity contribution in [1.29, 1.82) is 0 Å². The standard InChI is InChI=1S/C17H26N2O3/c1-17(2,3)22-16(21)19(11-15(20)10-18)14-8-12-6-4-5-7-13(12)9-14/h4-7,14-15,20H,8-11,18H2,1-3H3/t15-/m0/s1. The molecule has 5 heteroatoms. The smallest absolute Gasteiger partial charge is 0.410 e. The molecule has 0 unspecified atom stereocenters.